The van der Waals surface area contributed by atoms with E-state index in [2.05, 4.69) is 13.8 Å². The average molecular weight is 195 g/mol. The van der Waals surface area contributed by atoms with Crippen molar-refractivity contribution in [2.24, 2.45) is 22.5 Å². The summed E-state index contributed by atoms with van der Waals surface area (Å²) in [6, 6.07) is 0. The molecule has 2 aliphatic rings. The first-order valence-electron chi connectivity index (χ1n) is 6.30. The molecule has 1 unspecified atom stereocenters. The fourth-order valence-electron chi connectivity index (χ4n) is 3.53. The van der Waals surface area contributed by atoms with Crippen molar-refractivity contribution in [2.45, 2.75) is 58.8 Å². The highest BCUT2D eigenvalue weighted by atomic mass is 14.7. The Balaban J connectivity index is 1.89. The van der Waals surface area contributed by atoms with Crippen LogP contribution in [0.4, 0.5) is 0 Å². The fourth-order valence-corrected chi connectivity index (χ4v) is 3.53. The molecule has 0 aliphatic heterocycles. The fraction of sp³-hybridized carbons (Fsp3) is 1.00. The minimum atomic E-state index is 0.523. The van der Waals surface area contributed by atoms with Crippen LogP contribution in [0.25, 0.3) is 0 Å². The molecule has 1 nitrogen and oxygen atoms in total. The van der Waals surface area contributed by atoms with Crippen LogP contribution in [0.5, 0.6) is 0 Å². The molecule has 2 rings (SSSR count). The van der Waals surface area contributed by atoms with Crippen LogP contribution in [0.1, 0.15) is 58.8 Å². The second-order valence-electron chi connectivity index (χ2n) is 6.25. The second-order valence-corrected chi connectivity index (χ2v) is 6.25. The second kappa shape index (κ2) is 3.52. The highest BCUT2D eigenvalue weighted by Gasteiger charge is 2.59. The molecule has 82 valence electrons. The summed E-state index contributed by atoms with van der Waals surface area (Å²) >= 11 is 0. The zero-order valence-electron chi connectivity index (χ0n) is 9.81. The normalized spacial score (nSPS) is 37.1. The summed E-state index contributed by atoms with van der Waals surface area (Å²) in [5, 5.41) is 0. The summed E-state index contributed by atoms with van der Waals surface area (Å²) in [4.78, 5) is 0. The smallest absolute Gasteiger partial charge is 0.00151 e. The van der Waals surface area contributed by atoms with E-state index in [0.29, 0.717) is 10.8 Å². The molecule has 0 aromatic carbocycles. The van der Waals surface area contributed by atoms with Gasteiger partial charge in [-0.2, -0.15) is 0 Å². The lowest BCUT2D eigenvalue weighted by Crippen LogP contribution is -2.25. The number of rotatable bonds is 3. The van der Waals surface area contributed by atoms with Crippen LogP contribution in [0.15, 0.2) is 0 Å². The van der Waals surface area contributed by atoms with Crippen molar-refractivity contribution in [1.29, 1.82) is 0 Å². The topological polar surface area (TPSA) is 26.0 Å². The van der Waals surface area contributed by atoms with Crippen molar-refractivity contribution >= 4 is 0 Å². The van der Waals surface area contributed by atoms with Gasteiger partial charge in [-0.3, -0.25) is 0 Å². The Hall–Kier alpha value is -0.0400. The minimum absolute atomic E-state index is 0.523. The van der Waals surface area contributed by atoms with E-state index >= 15 is 0 Å². The largest absolute Gasteiger partial charge is 0.330 e. The van der Waals surface area contributed by atoms with Gasteiger partial charge in [0.25, 0.3) is 0 Å². The molecule has 0 spiro atoms. The summed E-state index contributed by atoms with van der Waals surface area (Å²) in [5.74, 6) is 0.995. The Labute approximate surface area is 88.4 Å². The lowest BCUT2D eigenvalue weighted by molar-refractivity contribution is 0.245. The first-order valence-corrected chi connectivity index (χ1v) is 6.30. The van der Waals surface area contributed by atoms with Crippen molar-refractivity contribution in [3.05, 3.63) is 0 Å². The maximum Gasteiger partial charge on any atom is -0.00151 e. The third-order valence-electron chi connectivity index (χ3n) is 4.89. The van der Waals surface area contributed by atoms with Crippen molar-refractivity contribution in [3.63, 3.8) is 0 Å². The Kier molecular flexibility index (Phi) is 2.63. The van der Waals surface area contributed by atoms with Crippen LogP contribution in [-0.2, 0) is 0 Å². The van der Waals surface area contributed by atoms with Gasteiger partial charge in [-0.05, 0) is 36.1 Å². The van der Waals surface area contributed by atoms with Gasteiger partial charge in [0.1, 0.15) is 0 Å². The van der Waals surface area contributed by atoms with Crippen molar-refractivity contribution < 1.29 is 0 Å². The number of hydrogen-bond donors (Lipinski definition) is 1. The van der Waals surface area contributed by atoms with E-state index in [1.807, 2.05) is 0 Å². The van der Waals surface area contributed by atoms with Crippen molar-refractivity contribution in [3.8, 4) is 0 Å². The summed E-state index contributed by atoms with van der Waals surface area (Å²) in [6.45, 7) is 5.70. The van der Waals surface area contributed by atoms with E-state index < -0.39 is 0 Å². The molecule has 2 N–H and O–H groups in total. The maximum absolute atomic E-state index is 5.96. The molecule has 2 aliphatic carbocycles. The van der Waals surface area contributed by atoms with Crippen LogP contribution in [0.2, 0.25) is 0 Å². The molecule has 0 radical (unpaired) electrons. The van der Waals surface area contributed by atoms with Gasteiger partial charge in [-0.15, -0.1) is 0 Å². The monoisotopic (exact) mass is 195 g/mol. The Morgan fingerprint density at radius 1 is 1.14 bits per heavy atom. The van der Waals surface area contributed by atoms with E-state index in [9.17, 15) is 0 Å². The zero-order valence-corrected chi connectivity index (χ0v) is 9.81. The Morgan fingerprint density at radius 2 is 1.71 bits per heavy atom. The first kappa shape index (κ1) is 10.5. The molecule has 0 saturated heterocycles. The standard InChI is InChI=1S/C13H25N/c1-12(2)9-13(12,10-14)8-11-6-4-3-5-7-11/h11H,3-10,14H2,1-2H3. The van der Waals surface area contributed by atoms with Crippen molar-refractivity contribution in [2.75, 3.05) is 6.54 Å². The zero-order chi connectivity index (χ0) is 10.2. The van der Waals surface area contributed by atoms with E-state index in [0.717, 1.165) is 12.5 Å². The summed E-state index contributed by atoms with van der Waals surface area (Å²) in [5.41, 5.74) is 7.03. The predicted molar refractivity (Wildman–Crippen MR) is 61.1 cm³/mol. The van der Waals surface area contributed by atoms with Gasteiger partial charge in [0.05, 0.1) is 0 Å². The number of nitrogens with two attached hydrogens (primary N) is 1. The molecule has 0 amide bonds. The highest BCUT2D eigenvalue weighted by molar-refractivity contribution is 5.10. The Bertz CT molecular complexity index is 203. The first-order chi connectivity index (χ1) is 6.60. The van der Waals surface area contributed by atoms with Gasteiger partial charge in [0, 0.05) is 0 Å². The van der Waals surface area contributed by atoms with Crippen LogP contribution in [0, 0.1) is 16.7 Å². The molecule has 1 heteroatoms. The van der Waals surface area contributed by atoms with E-state index in [-0.39, 0.29) is 0 Å². The third kappa shape index (κ3) is 1.71. The summed E-state index contributed by atoms with van der Waals surface area (Å²) in [7, 11) is 0. The minimum Gasteiger partial charge on any atom is -0.330 e. The number of hydrogen-bond acceptors (Lipinski definition) is 1. The van der Waals surface area contributed by atoms with Gasteiger partial charge in [-0.1, -0.05) is 46.0 Å². The van der Waals surface area contributed by atoms with Gasteiger partial charge in [-0.25, -0.2) is 0 Å². The maximum atomic E-state index is 5.96. The van der Waals surface area contributed by atoms with Crippen LogP contribution in [-0.4, -0.2) is 6.54 Å². The van der Waals surface area contributed by atoms with E-state index in [1.165, 1.54) is 44.9 Å². The quantitative estimate of drug-likeness (QED) is 0.734. The molecule has 0 aromatic heterocycles. The lowest BCUT2D eigenvalue weighted by atomic mass is 9.79. The molecular formula is C13H25N. The van der Waals surface area contributed by atoms with Gasteiger partial charge in [0.15, 0.2) is 0 Å². The molecule has 0 aromatic rings. The lowest BCUT2D eigenvalue weighted by Gasteiger charge is -2.28. The summed E-state index contributed by atoms with van der Waals surface area (Å²) in [6.07, 6.45) is 10.1. The van der Waals surface area contributed by atoms with Crippen molar-refractivity contribution in [1.82, 2.24) is 0 Å². The van der Waals surface area contributed by atoms with Gasteiger partial charge < -0.3 is 5.73 Å². The summed E-state index contributed by atoms with van der Waals surface area (Å²) < 4.78 is 0. The SMILES string of the molecule is CC1(C)CC1(CN)CC1CCCCC1. The molecular weight excluding hydrogens is 170 g/mol. The van der Waals surface area contributed by atoms with E-state index in [4.69, 9.17) is 5.73 Å². The van der Waals surface area contributed by atoms with Gasteiger partial charge >= 0.3 is 0 Å². The van der Waals surface area contributed by atoms with E-state index in [1.54, 1.807) is 0 Å². The Morgan fingerprint density at radius 3 is 2.14 bits per heavy atom. The molecule has 14 heavy (non-hydrogen) atoms. The average Bonchev–Trinajstić information content (AvgIpc) is 2.70. The van der Waals surface area contributed by atoms with Gasteiger partial charge in [0.2, 0.25) is 0 Å². The van der Waals surface area contributed by atoms with Crippen LogP contribution < -0.4 is 5.73 Å². The highest BCUT2D eigenvalue weighted by Crippen LogP contribution is 2.66. The molecule has 2 fully saturated rings. The predicted octanol–water partition coefficient (Wildman–Crippen LogP) is 3.33. The van der Waals surface area contributed by atoms with Crippen LogP contribution >= 0.6 is 0 Å². The molecule has 0 bridgehead atoms. The third-order valence-corrected chi connectivity index (χ3v) is 4.89. The molecule has 0 heterocycles. The molecule has 2 saturated carbocycles. The molecule has 1 atom stereocenters. The van der Waals surface area contributed by atoms with Crippen LogP contribution in [0.3, 0.4) is 0 Å².